The number of aliphatic hydroxyl groups excluding tert-OH is 1. The van der Waals surface area contributed by atoms with E-state index in [-0.39, 0.29) is 54.7 Å². The van der Waals surface area contributed by atoms with Gasteiger partial charge in [0.25, 0.3) is 5.56 Å². The zero-order chi connectivity index (χ0) is 45.0. The summed E-state index contributed by atoms with van der Waals surface area (Å²) in [7, 11) is 0. The van der Waals surface area contributed by atoms with Crippen molar-refractivity contribution < 1.29 is 9.90 Å². The molecule has 17 nitrogen and oxygen atoms in total. The third kappa shape index (κ3) is 12.2. The smallest absolute Gasteiger partial charge is 0.260 e. The van der Waals surface area contributed by atoms with Gasteiger partial charge in [0.2, 0.25) is 0 Å². The van der Waals surface area contributed by atoms with Crippen LogP contribution in [-0.2, 0) is 4.79 Å². The predicted molar refractivity (Wildman–Crippen MR) is 260 cm³/mol. The van der Waals surface area contributed by atoms with Crippen LogP contribution in [0.2, 0.25) is 5.15 Å². The number of anilines is 1. The van der Waals surface area contributed by atoms with Gasteiger partial charge in [0.05, 0.1) is 34.9 Å². The average molecular weight is 950 g/mol. The molecule has 20 heteroatoms. The van der Waals surface area contributed by atoms with Crippen LogP contribution in [0.1, 0.15) is 40.0 Å². The molecule has 340 valence electrons. The number of hydrogen-bond acceptors (Lipinski definition) is 13. The zero-order valence-corrected chi connectivity index (χ0v) is 38.5. The highest BCUT2D eigenvalue weighted by molar-refractivity contribution is 6.34. The van der Waals surface area contributed by atoms with Gasteiger partial charge in [-0.3, -0.25) is 24.5 Å². The summed E-state index contributed by atoms with van der Waals surface area (Å²) < 4.78 is 0. The summed E-state index contributed by atoms with van der Waals surface area (Å²) >= 11 is 6.07. The van der Waals surface area contributed by atoms with Crippen LogP contribution in [0.3, 0.4) is 0 Å². The number of fused-ring (bicyclic) bond motifs is 3. The molecule has 0 aromatic carbocycles. The summed E-state index contributed by atoms with van der Waals surface area (Å²) in [6.45, 7) is 6.55. The number of halogens is 3. The van der Waals surface area contributed by atoms with Crippen molar-refractivity contribution in [3.05, 3.63) is 126 Å². The Hall–Kier alpha value is -7.10. The Kier molecular flexibility index (Phi) is 17.9. The number of aliphatic hydroxyl groups is 1. The highest BCUT2D eigenvalue weighted by atomic mass is 35.5. The van der Waals surface area contributed by atoms with Crippen LogP contribution < -0.4 is 10.5 Å². The van der Waals surface area contributed by atoms with Gasteiger partial charge < -0.3 is 29.9 Å². The number of pyridine rings is 3. The van der Waals surface area contributed by atoms with Gasteiger partial charge in [-0.05, 0) is 86.7 Å². The minimum atomic E-state index is -0.389. The van der Waals surface area contributed by atoms with Crippen molar-refractivity contribution in [1.82, 2.24) is 59.8 Å². The van der Waals surface area contributed by atoms with Crippen molar-refractivity contribution in [1.29, 1.82) is 5.26 Å². The Morgan fingerprint density at radius 3 is 1.77 bits per heavy atom. The maximum Gasteiger partial charge on any atom is 0.260 e. The van der Waals surface area contributed by atoms with Gasteiger partial charge in [0.1, 0.15) is 45.4 Å². The van der Waals surface area contributed by atoms with Crippen LogP contribution in [-0.4, -0.2) is 89.9 Å². The minimum absolute atomic E-state index is 0. The van der Waals surface area contributed by atoms with E-state index in [1.807, 2.05) is 62.5 Å². The van der Waals surface area contributed by atoms with E-state index in [1.165, 1.54) is 6.92 Å². The number of carbonyl (C=O) groups excluding carboxylic acids is 1. The SMILES string of the molecule is CC(=O)C(C#N)CC(C)C.Cl.Cl.Clc1nc(-c2ccncc2)nc2[nH]ccc12.O=c1[nH]c(-c2ccncc2)nc2[nH]ccc12.OC[C@H]1CCCN1c1nc(-c2ccncc2)nc2[nH]ccc12. The van der Waals surface area contributed by atoms with Crippen LogP contribution in [0, 0.1) is 23.2 Å². The average Bonchev–Trinajstić information content (AvgIpc) is 4.17. The maximum atomic E-state index is 11.7. The normalized spacial score (nSPS) is 13.2. The second kappa shape index (κ2) is 23.7. The van der Waals surface area contributed by atoms with Crippen LogP contribution in [0.5, 0.6) is 0 Å². The lowest BCUT2D eigenvalue weighted by Gasteiger charge is -2.25. The lowest BCUT2D eigenvalue weighted by atomic mass is 9.95. The molecule has 1 saturated heterocycles. The molecule has 1 aliphatic heterocycles. The quantitative estimate of drug-likeness (QED) is 0.0897. The van der Waals surface area contributed by atoms with Crippen molar-refractivity contribution >= 4 is 81.1 Å². The molecular weight excluding hydrogens is 903 g/mol. The Balaban J connectivity index is 0.000000169. The molecule has 0 amide bonds. The van der Waals surface area contributed by atoms with Crippen molar-refractivity contribution in [2.45, 2.75) is 46.1 Å². The van der Waals surface area contributed by atoms with E-state index in [0.717, 1.165) is 64.0 Å². The summed E-state index contributed by atoms with van der Waals surface area (Å²) in [5, 5.41) is 20.9. The van der Waals surface area contributed by atoms with E-state index in [0.29, 0.717) is 46.0 Å². The molecule has 0 aliphatic carbocycles. The number of H-pyrrole nitrogens is 4. The summed E-state index contributed by atoms with van der Waals surface area (Å²) in [5.74, 6) is 2.74. The number of ketones is 1. The van der Waals surface area contributed by atoms with Gasteiger partial charge in [-0.15, -0.1) is 24.8 Å². The van der Waals surface area contributed by atoms with Crippen molar-refractivity contribution in [3.8, 4) is 40.2 Å². The Morgan fingerprint density at radius 1 is 0.758 bits per heavy atom. The molecule has 1 fully saturated rings. The number of nitriles is 1. The summed E-state index contributed by atoms with van der Waals surface area (Å²) in [4.78, 5) is 70.7. The number of Topliss-reactive ketones (excluding diaryl/α,β-unsaturated/α-hetero) is 1. The monoisotopic (exact) mass is 948 g/mol. The van der Waals surface area contributed by atoms with Gasteiger partial charge in [-0.1, -0.05) is 25.4 Å². The second-order valence-corrected chi connectivity index (χ2v) is 15.5. The first-order valence-electron chi connectivity index (χ1n) is 20.5. The molecule has 10 rings (SSSR count). The molecule has 1 aliphatic rings. The first-order chi connectivity index (χ1) is 31.1. The van der Waals surface area contributed by atoms with Crippen LogP contribution in [0.4, 0.5) is 5.82 Å². The number of nitrogens with zero attached hydrogens (tertiary/aromatic N) is 10. The number of aromatic amines is 4. The van der Waals surface area contributed by atoms with Gasteiger partial charge in [0.15, 0.2) is 11.6 Å². The van der Waals surface area contributed by atoms with Crippen LogP contribution >= 0.6 is 36.4 Å². The number of aromatic nitrogens is 12. The highest BCUT2D eigenvalue weighted by Gasteiger charge is 2.27. The number of hydrogen-bond donors (Lipinski definition) is 5. The molecule has 9 aromatic rings. The lowest BCUT2D eigenvalue weighted by Crippen LogP contribution is -2.33. The molecule has 9 aromatic heterocycles. The van der Waals surface area contributed by atoms with Gasteiger partial charge in [0, 0.05) is 79.0 Å². The van der Waals surface area contributed by atoms with E-state index < -0.39 is 0 Å². The Labute approximate surface area is 396 Å². The maximum absolute atomic E-state index is 11.7. The number of rotatable bonds is 8. The standard InChI is InChI=1S/C16H17N5O.C11H7ClN4.C11H8N4O.C8H13NO.2ClH/c22-10-12-2-1-9-21(12)16-13-5-8-18-15(13)19-14(20-16)11-3-6-17-7-4-11;12-9-8-3-6-14-11(8)16-10(15-9)7-1-4-13-5-2-7;16-11-8-3-6-13-10(8)14-9(15-11)7-1-4-12-5-2-7;1-6(2)4-8(5-9)7(3)10;;/h3-8,12,22H,1-2,9-10H2,(H,18,19,20);1-6H,(H,14,15,16);1-6H,(H2,13,14,15,16);6,8H,4H2,1-3H3;2*1H/t12-;;;;;/m1...../s1. The van der Waals surface area contributed by atoms with Gasteiger partial charge >= 0.3 is 0 Å². The first kappa shape index (κ1) is 49.9. The fourth-order valence-corrected chi connectivity index (χ4v) is 7.22. The molecule has 66 heavy (non-hydrogen) atoms. The minimum Gasteiger partial charge on any atom is -0.394 e. The summed E-state index contributed by atoms with van der Waals surface area (Å²) in [6, 6.07) is 18.8. The highest BCUT2D eigenvalue weighted by Crippen LogP contribution is 2.32. The molecular formula is C46H47Cl3N14O3. The third-order valence-corrected chi connectivity index (χ3v) is 10.5. The molecule has 0 saturated carbocycles. The number of nitrogens with one attached hydrogen (secondary N) is 4. The lowest BCUT2D eigenvalue weighted by molar-refractivity contribution is -0.119. The second-order valence-electron chi connectivity index (χ2n) is 15.1. The summed E-state index contributed by atoms with van der Waals surface area (Å²) in [6.07, 6.45) is 18.3. The molecule has 0 spiro atoms. The molecule has 2 atom stereocenters. The predicted octanol–water partition coefficient (Wildman–Crippen LogP) is 8.57. The van der Waals surface area contributed by atoms with Crippen LogP contribution in [0.15, 0.2) is 115 Å². The van der Waals surface area contributed by atoms with E-state index in [2.05, 4.69) is 59.7 Å². The largest absolute Gasteiger partial charge is 0.394 e. The van der Waals surface area contributed by atoms with Gasteiger partial charge in [-0.25, -0.2) is 24.9 Å². The van der Waals surface area contributed by atoms with E-state index in [1.54, 1.807) is 67.8 Å². The fourth-order valence-electron chi connectivity index (χ4n) is 6.99. The van der Waals surface area contributed by atoms with Gasteiger partial charge in [-0.2, -0.15) is 5.26 Å². The molecule has 1 unspecified atom stereocenters. The molecule has 0 radical (unpaired) electrons. The van der Waals surface area contributed by atoms with E-state index >= 15 is 0 Å². The molecule has 10 heterocycles. The summed E-state index contributed by atoms with van der Waals surface area (Å²) in [5.41, 5.74) is 4.69. The van der Waals surface area contributed by atoms with E-state index in [9.17, 15) is 14.7 Å². The van der Waals surface area contributed by atoms with Crippen molar-refractivity contribution in [2.75, 3.05) is 18.1 Å². The Bertz CT molecular complexity index is 3050. The van der Waals surface area contributed by atoms with Crippen molar-refractivity contribution in [2.24, 2.45) is 11.8 Å². The van der Waals surface area contributed by atoms with E-state index in [4.69, 9.17) is 21.8 Å². The third-order valence-electron chi connectivity index (χ3n) is 10.2. The molecule has 5 N–H and O–H groups in total. The fraction of sp³-hybridized carbons (Fsp3) is 0.239. The first-order valence-corrected chi connectivity index (χ1v) is 20.9. The molecule has 0 bridgehead atoms. The topological polar surface area (TPSA) is 248 Å². The zero-order valence-electron chi connectivity index (χ0n) is 36.1. The van der Waals surface area contributed by atoms with Crippen LogP contribution in [0.25, 0.3) is 67.3 Å². The number of carbonyl (C=O) groups is 1. The Morgan fingerprint density at radius 2 is 1.26 bits per heavy atom. The van der Waals surface area contributed by atoms with Crippen molar-refractivity contribution in [3.63, 3.8) is 0 Å².